The molecule has 3 aromatic carbocycles. The van der Waals surface area contributed by atoms with E-state index in [1.54, 1.807) is 54.6 Å². The van der Waals surface area contributed by atoms with E-state index in [2.05, 4.69) is 12.6 Å². The second-order valence-electron chi connectivity index (χ2n) is 5.73. The smallest absolute Gasteiger partial charge is 0.343 e. The largest absolute Gasteiger partial charge is 0.458 e. The Hall–Kier alpha value is -3.91. The zero-order chi connectivity index (χ0) is 19.2. The first-order valence-corrected chi connectivity index (χ1v) is 8.13. The van der Waals surface area contributed by atoms with Crippen molar-refractivity contribution in [3.8, 4) is 11.8 Å². The first kappa shape index (κ1) is 17.9. The highest BCUT2D eigenvalue weighted by molar-refractivity contribution is 5.92. The van der Waals surface area contributed by atoms with Gasteiger partial charge in [0, 0.05) is 6.08 Å². The Labute approximate surface area is 156 Å². The van der Waals surface area contributed by atoms with Gasteiger partial charge < -0.3 is 9.47 Å². The van der Waals surface area contributed by atoms with Gasteiger partial charge in [-0.2, -0.15) is 5.26 Å². The number of nitriles is 1. The maximum Gasteiger partial charge on any atom is 0.343 e. The fraction of sp³-hybridized carbons (Fsp3) is 0.0455. The van der Waals surface area contributed by atoms with Crippen molar-refractivity contribution in [3.05, 3.63) is 90.0 Å². The minimum atomic E-state index is -0.503. The molecule has 3 rings (SSSR count). The highest BCUT2D eigenvalue weighted by Crippen LogP contribution is 2.23. The zero-order valence-corrected chi connectivity index (χ0v) is 14.3. The molecule has 5 nitrogen and oxygen atoms in total. The molecule has 0 aromatic heterocycles. The van der Waals surface area contributed by atoms with Crippen LogP contribution in [0.1, 0.15) is 21.5 Å². The summed E-state index contributed by atoms with van der Waals surface area (Å²) in [5.41, 5.74) is 1.71. The lowest BCUT2D eigenvalue weighted by molar-refractivity contribution is -0.138. The highest BCUT2D eigenvalue weighted by Gasteiger charge is 2.10. The fourth-order valence-corrected chi connectivity index (χ4v) is 2.47. The number of fused-ring (bicyclic) bond motifs is 1. The van der Waals surface area contributed by atoms with Crippen LogP contribution in [0.25, 0.3) is 10.8 Å². The van der Waals surface area contributed by atoms with E-state index in [0.29, 0.717) is 16.9 Å². The molecule has 0 aliphatic carbocycles. The Kier molecular flexibility index (Phi) is 5.29. The van der Waals surface area contributed by atoms with E-state index in [-0.39, 0.29) is 6.61 Å². The summed E-state index contributed by atoms with van der Waals surface area (Å²) in [6, 6.07) is 19.2. The Morgan fingerprint density at radius 2 is 1.70 bits per heavy atom. The van der Waals surface area contributed by atoms with Crippen molar-refractivity contribution in [2.24, 2.45) is 0 Å². The van der Waals surface area contributed by atoms with Crippen LogP contribution < -0.4 is 4.74 Å². The molecule has 132 valence electrons. The summed E-state index contributed by atoms with van der Waals surface area (Å²) in [7, 11) is 0. The Morgan fingerprint density at radius 3 is 2.41 bits per heavy atom. The SMILES string of the molecule is C=CC(=O)OCc1ccc(C(=O)Oc2ccc3cc(C#N)ccc3c2)cc1. The van der Waals surface area contributed by atoms with Crippen LogP contribution in [0.4, 0.5) is 0 Å². The van der Waals surface area contributed by atoms with Gasteiger partial charge in [-0.25, -0.2) is 9.59 Å². The summed E-state index contributed by atoms with van der Waals surface area (Å²) in [4.78, 5) is 23.4. The number of benzene rings is 3. The van der Waals surface area contributed by atoms with Crippen molar-refractivity contribution in [1.82, 2.24) is 0 Å². The van der Waals surface area contributed by atoms with Crippen molar-refractivity contribution >= 4 is 22.7 Å². The van der Waals surface area contributed by atoms with Gasteiger partial charge in [0.15, 0.2) is 0 Å². The van der Waals surface area contributed by atoms with Gasteiger partial charge in [-0.05, 0) is 52.7 Å². The van der Waals surface area contributed by atoms with Gasteiger partial charge in [-0.1, -0.05) is 30.8 Å². The van der Waals surface area contributed by atoms with E-state index in [0.717, 1.165) is 22.4 Å². The number of rotatable bonds is 5. The molecule has 0 atom stereocenters. The molecule has 0 saturated heterocycles. The van der Waals surface area contributed by atoms with Crippen LogP contribution in [0.3, 0.4) is 0 Å². The monoisotopic (exact) mass is 357 g/mol. The van der Waals surface area contributed by atoms with Crippen molar-refractivity contribution in [2.75, 3.05) is 0 Å². The molecular weight excluding hydrogens is 342 g/mol. The fourth-order valence-electron chi connectivity index (χ4n) is 2.47. The molecule has 27 heavy (non-hydrogen) atoms. The maximum atomic E-state index is 12.3. The number of carbonyl (C=O) groups is 2. The standard InChI is InChI=1S/C22H15NO4/c1-2-21(24)26-14-15-3-6-17(7-4-15)22(25)27-20-10-9-18-11-16(13-23)5-8-19(18)12-20/h2-12H,1,14H2. The highest BCUT2D eigenvalue weighted by atomic mass is 16.5. The summed E-state index contributed by atoms with van der Waals surface area (Å²) in [5, 5.41) is 10.7. The van der Waals surface area contributed by atoms with E-state index >= 15 is 0 Å². The van der Waals surface area contributed by atoms with E-state index in [1.165, 1.54) is 0 Å². The first-order chi connectivity index (χ1) is 13.1. The molecule has 0 bridgehead atoms. The molecule has 0 amide bonds. The third-order valence-electron chi connectivity index (χ3n) is 3.89. The summed E-state index contributed by atoms with van der Waals surface area (Å²) in [6.07, 6.45) is 1.09. The number of hydrogen-bond acceptors (Lipinski definition) is 5. The van der Waals surface area contributed by atoms with Crippen LogP contribution in [0.2, 0.25) is 0 Å². The molecule has 0 heterocycles. The lowest BCUT2D eigenvalue weighted by Crippen LogP contribution is -2.08. The van der Waals surface area contributed by atoms with Crippen LogP contribution in [0.15, 0.2) is 73.3 Å². The Morgan fingerprint density at radius 1 is 1.00 bits per heavy atom. The van der Waals surface area contributed by atoms with Crippen LogP contribution in [0.5, 0.6) is 5.75 Å². The number of carbonyl (C=O) groups excluding carboxylic acids is 2. The van der Waals surface area contributed by atoms with Crippen molar-refractivity contribution in [1.29, 1.82) is 5.26 Å². The number of hydrogen-bond donors (Lipinski definition) is 0. The van der Waals surface area contributed by atoms with E-state index in [9.17, 15) is 9.59 Å². The molecule has 5 heteroatoms. The number of nitrogens with zero attached hydrogens (tertiary/aromatic N) is 1. The Bertz CT molecular complexity index is 1060. The normalized spacial score (nSPS) is 10.0. The predicted molar refractivity (Wildman–Crippen MR) is 100 cm³/mol. The molecule has 0 fully saturated rings. The second kappa shape index (κ2) is 7.98. The van der Waals surface area contributed by atoms with Gasteiger partial charge in [0.1, 0.15) is 12.4 Å². The summed E-state index contributed by atoms with van der Waals surface area (Å²) >= 11 is 0. The van der Waals surface area contributed by atoms with Gasteiger partial charge in [0.25, 0.3) is 0 Å². The second-order valence-corrected chi connectivity index (χ2v) is 5.73. The molecular formula is C22H15NO4. The lowest BCUT2D eigenvalue weighted by Gasteiger charge is -2.07. The molecule has 0 unspecified atom stereocenters. The quantitative estimate of drug-likeness (QED) is 0.389. The number of esters is 2. The average Bonchev–Trinajstić information content (AvgIpc) is 2.71. The molecule has 0 N–H and O–H groups in total. The zero-order valence-electron chi connectivity index (χ0n) is 14.3. The van der Waals surface area contributed by atoms with Gasteiger partial charge >= 0.3 is 11.9 Å². The molecule has 0 spiro atoms. The van der Waals surface area contributed by atoms with Gasteiger partial charge in [0.2, 0.25) is 0 Å². The molecule has 0 aliphatic heterocycles. The van der Waals surface area contributed by atoms with Gasteiger partial charge in [0.05, 0.1) is 17.2 Å². The van der Waals surface area contributed by atoms with E-state index in [1.807, 2.05) is 6.07 Å². The minimum absolute atomic E-state index is 0.107. The number of ether oxygens (including phenoxy) is 2. The Balaban J connectivity index is 1.69. The van der Waals surface area contributed by atoms with E-state index < -0.39 is 11.9 Å². The first-order valence-electron chi connectivity index (χ1n) is 8.13. The van der Waals surface area contributed by atoms with Crippen LogP contribution in [0, 0.1) is 11.3 Å². The third-order valence-corrected chi connectivity index (χ3v) is 3.89. The van der Waals surface area contributed by atoms with Crippen LogP contribution in [-0.4, -0.2) is 11.9 Å². The lowest BCUT2D eigenvalue weighted by atomic mass is 10.1. The maximum absolute atomic E-state index is 12.3. The summed E-state index contributed by atoms with van der Waals surface area (Å²) in [5.74, 6) is -0.574. The van der Waals surface area contributed by atoms with Gasteiger partial charge in [-0.15, -0.1) is 0 Å². The topological polar surface area (TPSA) is 76.4 Å². The third kappa shape index (κ3) is 4.39. The molecule has 3 aromatic rings. The van der Waals surface area contributed by atoms with Crippen molar-refractivity contribution in [2.45, 2.75) is 6.61 Å². The van der Waals surface area contributed by atoms with Crippen molar-refractivity contribution in [3.63, 3.8) is 0 Å². The van der Waals surface area contributed by atoms with Crippen LogP contribution in [-0.2, 0) is 16.1 Å². The van der Waals surface area contributed by atoms with Crippen molar-refractivity contribution < 1.29 is 19.1 Å². The minimum Gasteiger partial charge on any atom is -0.458 e. The van der Waals surface area contributed by atoms with E-state index in [4.69, 9.17) is 14.7 Å². The predicted octanol–water partition coefficient (Wildman–Crippen LogP) is 4.16. The summed E-state index contributed by atoms with van der Waals surface area (Å²) in [6.45, 7) is 3.43. The average molecular weight is 357 g/mol. The summed E-state index contributed by atoms with van der Waals surface area (Å²) < 4.78 is 10.4. The van der Waals surface area contributed by atoms with Gasteiger partial charge in [-0.3, -0.25) is 0 Å². The van der Waals surface area contributed by atoms with Crippen LogP contribution >= 0.6 is 0 Å². The molecule has 0 saturated carbocycles. The molecule has 0 radical (unpaired) electrons. The molecule has 0 aliphatic rings.